The average Bonchev–Trinajstić information content (AvgIpc) is 2.24. The van der Waals surface area contributed by atoms with Crippen LogP contribution in [0.3, 0.4) is 0 Å². The lowest BCUT2D eigenvalue weighted by Gasteiger charge is -2.03. The van der Waals surface area contributed by atoms with E-state index in [0.717, 1.165) is 15.6 Å². The van der Waals surface area contributed by atoms with Gasteiger partial charge in [0.05, 0.1) is 5.02 Å². The van der Waals surface area contributed by atoms with Gasteiger partial charge in [0.2, 0.25) is 0 Å². The fourth-order valence-electron chi connectivity index (χ4n) is 1.12. The molecule has 0 unspecified atom stereocenters. The van der Waals surface area contributed by atoms with Crippen molar-refractivity contribution in [2.24, 2.45) is 0 Å². The second-order valence-electron chi connectivity index (χ2n) is 3.02. The molecule has 0 radical (unpaired) electrons. The summed E-state index contributed by atoms with van der Waals surface area (Å²) in [7, 11) is 0. The minimum Gasteiger partial charge on any atom is -0.249 e. The topological polar surface area (TPSA) is 25.8 Å². The summed E-state index contributed by atoms with van der Waals surface area (Å²) in [5, 5.41) is 2.40. The monoisotopic (exact) mass is 236 g/mol. The van der Waals surface area contributed by atoms with Gasteiger partial charge in [0.1, 0.15) is 10.1 Å². The van der Waals surface area contributed by atoms with Gasteiger partial charge in [-0.25, -0.2) is 9.97 Å². The van der Waals surface area contributed by atoms with Crippen LogP contribution in [-0.4, -0.2) is 9.97 Å². The maximum absolute atomic E-state index is 6.02. The molecule has 76 valence electrons. The lowest BCUT2D eigenvalue weighted by molar-refractivity contribution is 1.06. The van der Waals surface area contributed by atoms with E-state index in [2.05, 4.69) is 9.97 Å². The molecule has 0 saturated heterocycles. The summed E-state index contributed by atoms with van der Waals surface area (Å²) >= 11 is 7.50. The maximum Gasteiger partial charge on any atom is 0.121 e. The van der Waals surface area contributed by atoms with Crippen LogP contribution in [0.25, 0.3) is 0 Å². The van der Waals surface area contributed by atoms with Crippen LogP contribution < -0.4 is 0 Å². The zero-order valence-corrected chi connectivity index (χ0v) is 9.72. The van der Waals surface area contributed by atoms with Gasteiger partial charge in [0.25, 0.3) is 0 Å². The Kier molecular flexibility index (Phi) is 3.23. The maximum atomic E-state index is 6.02. The summed E-state index contributed by atoms with van der Waals surface area (Å²) in [4.78, 5) is 8.48. The molecule has 4 heteroatoms. The first-order valence-electron chi connectivity index (χ1n) is 4.47. The number of halogens is 1. The number of pyridine rings is 2. The van der Waals surface area contributed by atoms with Gasteiger partial charge in [0.15, 0.2) is 0 Å². The minimum absolute atomic E-state index is 0.660. The van der Waals surface area contributed by atoms with Crippen molar-refractivity contribution < 1.29 is 0 Å². The van der Waals surface area contributed by atoms with Crippen LogP contribution in [0.4, 0.5) is 0 Å². The van der Waals surface area contributed by atoms with Gasteiger partial charge in [-0.3, -0.25) is 0 Å². The van der Waals surface area contributed by atoms with Crippen LogP contribution >= 0.6 is 23.4 Å². The molecule has 2 aromatic rings. The van der Waals surface area contributed by atoms with Gasteiger partial charge in [-0.05, 0) is 42.4 Å². The number of aromatic nitrogens is 2. The highest BCUT2D eigenvalue weighted by molar-refractivity contribution is 7.99. The number of rotatable bonds is 2. The fraction of sp³-hybridized carbons (Fsp3) is 0.0909. The first-order chi connectivity index (χ1) is 7.27. The predicted octanol–water partition coefficient (Wildman–Crippen LogP) is 3.59. The molecule has 0 N–H and O–H groups in total. The van der Waals surface area contributed by atoms with E-state index >= 15 is 0 Å². The van der Waals surface area contributed by atoms with E-state index in [1.54, 1.807) is 12.4 Å². The lowest BCUT2D eigenvalue weighted by Crippen LogP contribution is -1.86. The molecule has 0 fully saturated rings. The first-order valence-corrected chi connectivity index (χ1v) is 5.67. The summed E-state index contributed by atoms with van der Waals surface area (Å²) in [6.07, 6.45) is 3.50. The highest BCUT2D eigenvalue weighted by Crippen LogP contribution is 2.31. The first kappa shape index (κ1) is 10.5. The number of hydrogen-bond acceptors (Lipinski definition) is 3. The third-order valence-corrected chi connectivity index (χ3v) is 3.44. The van der Waals surface area contributed by atoms with Crippen molar-refractivity contribution in [3.05, 3.63) is 47.2 Å². The zero-order valence-electron chi connectivity index (χ0n) is 8.14. The predicted molar refractivity (Wildman–Crippen MR) is 62.3 cm³/mol. The van der Waals surface area contributed by atoms with Gasteiger partial charge in [-0.1, -0.05) is 17.7 Å². The van der Waals surface area contributed by atoms with Gasteiger partial charge in [0, 0.05) is 12.4 Å². The lowest BCUT2D eigenvalue weighted by atomic mass is 10.3. The Morgan fingerprint density at radius 1 is 1.07 bits per heavy atom. The molecule has 2 aromatic heterocycles. The molecule has 0 amide bonds. The van der Waals surface area contributed by atoms with E-state index in [0.29, 0.717) is 5.02 Å². The second kappa shape index (κ2) is 4.64. The van der Waals surface area contributed by atoms with Crippen molar-refractivity contribution >= 4 is 23.4 Å². The van der Waals surface area contributed by atoms with Crippen LogP contribution in [0, 0.1) is 6.92 Å². The molecule has 2 heterocycles. The van der Waals surface area contributed by atoms with Crippen LogP contribution in [-0.2, 0) is 0 Å². The van der Waals surface area contributed by atoms with Crippen molar-refractivity contribution in [2.75, 3.05) is 0 Å². The van der Waals surface area contributed by atoms with Gasteiger partial charge in [-0.2, -0.15) is 0 Å². The third-order valence-electron chi connectivity index (χ3n) is 1.88. The van der Waals surface area contributed by atoms with Gasteiger partial charge < -0.3 is 0 Å². The van der Waals surface area contributed by atoms with E-state index in [4.69, 9.17) is 11.6 Å². The Bertz CT molecular complexity index is 430. The van der Waals surface area contributed by atoms with Crippen molar-refractivity contribution in [3.8, 4) is 0 Å². The van der Waals surface area contributed by atoms with E-state index in [1.807, 2.05) is 31.2 Å². The van der Waals surface area contributed by atoms with Crippen molar-refractivity contribution in [3.63, 3.8) is 0 Å². The molecule has 0 aliphatic rings. The van der Waals surface area contributed by atoms with E-state index < -0.39 is 0 Å². The van der Waals surface area contributed by atoms with Crippen LogP contribution in [0.15, 0.2) is 46.7 Å². The Labute approximate surface area is 97.7 Å². The van der Waals surface area contributed by atoms with Gasteiger partial charge >= 0.3 is 0 Å². The second-order valence-corrected chi connectivity index (χ2v) is 4.40. The highest BCUT2D eigenvalue weighted by Gasteiger charge is 2.06. The summed E-state index contributed by atoms with van der Waals surface area (Å²) in [6, 6.07) is 7.58. The molecule has 0 aliphatic carbocycles. The van der Waals surface area contributed by atoms with E-state index in [1.165, 1.54) is 11.8 Å². The zero-order chi connectivity index (χ0) is 10.7. The quantitative estimate of drug-likeness (QED) is 0.797. The standard InChI is InChI=1S/C11H9ClN2S/c1-8-4-2-6-13-10(8)15-11-9(12)5-3-7-14-11/h2-7H,1H3. The fourth-order valence-corrected chi connectivity index (χ4v) is 2.16. The summed E-state index contributed by atoms with van der Waals surface area (Å²) < 4.78 is 0. The molecule has 15 heavy (non-hydrogen) atoms. The van der Waals surface area contributed by atoms with Crippen molar-refractivity contribution in [1.82, 2.24) is 9.97 Å². The largest absolute Gasteiger partial charge is 0.249 e. The van der Waals surface area contributed by atoms with Crippen LogP contribution in [0.5, 0.6) is 0 Å². The highest BCUT2D eigenvalue weighted by atomic mass is 35.5. The molecule has 2 nitrogen and oxygen atoms in total. The Morgan fingerprint density at radius 3 is 2.40 bits per heavy atom. The summed E-state index contributed by atoms with van der Waals surface area (Å²) in [5.74, 6) is 0. The Morgan fingerprint density at radius 2 is 1.73 bits per heavy atom. The third kappa shape index (κ3) is 2.49. The molecule has 0 aromatic carbocycles. The minimum atomic E-state index is 0.660. The smallest absolute Gasteiger partial charge is 0.121 e. The Balaban J connectivity index is 2.30. The molecule has 2 rings (SSSR count). The normalized spacial score (nSPS) is 10.3. The van der Waals surface area contributed by atoms with E-state index in [-0.39, 0.29) is 0 Å². The van der Waals surface area contributed by atoms with Crippen LogP contribution in [0.1, 0.15) is 5.56 Å². The van der Waals surface area contributed by atoms with Crippen molar-refractivity contribution in [1.29, 1.82) is 0 Å². The Hall–Kier alpha value is -1.06. The number of hydrogen-bond donors (Lipinski definition) is 0. The molecule has 0 saturated carbocycles. The number of aryl methyl sites for hydroxylation is 1. The summed E-state index contributed by atoms with van der Waals surface area (Å²) in [6.45, 7) is 2.02. The van der Waals surface area contributed by atoms with Crippen molar-refractivity contribution in [2.45, 2.75) is 17.0 Å². The van der Waals surface area contributed by atoms with E-state index in [9.17, 15) is 0 Å². The SMILES string of the molecule is Cc1cccnc1Sc1ncccc1Cl. The molecular weight excluding hydrogens is 228 g/mol. The molecule has 0 bridgehead atoms. The summed E-state index contributed by atoms with van der Waals surface area (Å²) in [5.41, 5.74) is 1.13. The van der Waals surface area contributed by atoms with Crippen LogP contribution in [0.2, 0.25) is 5.02 Å². The molecule has 0 spiro atoms. The average molecular weight is 237 g/mol. The molecular formula is C11H9ClN2S. The molecule has 0 aliphatic heterocycles. The number of nitrogens with zero attached hydrogens (tertiary/aromatic N) is 2. The molecule has 0 atom stereocenters. The van der Waals surface area contributed by atoms with Gasteiger partial charge in [-0.15, -0.1) is 0 Å².